The van der Waals surface area contributed by atoms with Crippen molar-refractivity contribution >= 4 is 39.4 Å². The SMILES string of the molecule is CCOc1cc(C=NNc2cccc([N+](=O)[O-])c2)cc(Br)c1OCC(=O)N(C)C. The summed E-state index contributed by atoms with van der Waals surface area (Å²) in [5.74, 6) is 0.710. The smallest absolute Gasteiger partial charge is 0.271 e. The van der Waals surface area contributed by atoms with E-state index in [0.29, 0.717) is 33.8 Å². The zero-order valence-electron chi connectivity index (χ0n) is 16.2. The highest BCUT2D eigenvalue weighted by molar-refractivity contribution is 9.10. The Morgan fingerprint density at radius 3 is 2.72 bits per heavy atom. The molecule has 29 heavy (non-hydrogen) atoms. The molecule has 0 saturated carbocycles. The summed E-state index contributed by atoms with van der Waals surface area (Å²) in [6.07, 6.45) is 1.54. The lowest BCUT2D eigenvalue weighted by Gasteiger charge is -2.16. The van der Waals surface area contributed by atoms with Gasteiger partial charge in [0.05, 0.1) is 27.9 Å². The molecule has 0 heterocycles. The molecule has 0 atom stereocenters. The number of hydrazone groups is 1. The first-order valence-electron chi connectivity index (χ1n) is 8.64. The fourth-order valence-corrected chi connectivity index (χ4v) is 2.77. The predicted molar refractivity (Wildman–Crippen MR) is 114 cm³/mol. The topological polar surface area (TPSA) is 106 Å². The van der Waals surface area contributed by atoms with Crippen molar-refractivity contribution in [1.29, 1.82) is 0 Å². The minimum absolute atomic E-state index is 0.0275. The van der Waals surface area contributed by atoms with Crippen LogP contribution in [0.4, 0.5) is 11.4 Å². The Kier molecular flexibility index (Phi) is 7.96. The summed E-state index contributed by atoms with van der Waals surface area (Å²) in [7, 11) is 3.30. The molecule has 0 aliphatic rings. The number of anilines is 1. The zero-order valence-corrected chi connectivity index (χ0v) is 17.8. The average molecular weight is 465 g/mol. The van der Waals surface area contributed by atoms with E-state index < -0.39 is 4.92 Å². The minimum Gasteiger partial charge on any atom is -0.490 e. The first-order chi connectivity index (χ1) is 13.8. The van der Waals surface area contributed by atoms with Gasteiger partial charge in [-0.05, 0) is 46.6 Å². The molecule has 0 aromatic heterocycles. The van der Waals surface area contributed by atoms with Crippen molar-refractivity contribution in [1.82, 2.24) is 4.90 Å². The number of carbonyl (C=O) groups is 1. The number of ether oxygens (including phenoxy) is 2. The number of rotatable bonds is 9. The molecule has 0 fully saturated rings. The third kappa shape index (κ3) is 6.46. The summed E-state index contributed by atoms with van der Waals surface area (Å²) in [4.78, 5) is 23.6. The fourth-order valence-electron chi connectivity index (χ4n) is 2.20. The van der Waals surface area contributed by atoms with Crippen molar-refractivity contribution in [3.05, 3.63) is 56.5 Å². The van der Waals surface area contributed by atoms with Crippen molar-refractivity contribution < 1.29 is 19.2 Å². The van der Waals surface area contributed by atoms with Gasteiger partial charge in [0.15, 0.2) is 18.1 Å². The number of nitrogens with one attached hydrogen (secondary N) is 1. The van der Waals surface area contributed by atoms with Crippen LogP contribution in [0.1, 0.15) is 12.5 Å². The van der Waals surface area contributed by atoms with Crippen LogP contribution in [0, 0.1) is 10.1 Å². The van der Waals surface area contributed by atoms with E-state index in [1.54, 1.807) is 44.6 Å². The van der Waals surface area contributed by atoms with Crippen LogP contribution in [0.5, 0.6) is 11.5 Å². The molecule has 0 unspecified atom stereocenters. The third-order valence-corrected chi connectivity index (χ3v) is 4.22. The molecule has 1 N–H and O–H groups in total. The molecule has 2 aromatic carbocycles. The van der Waals surface area contributed by atoms with Gasteiger partial charge in [-0.2, -0.15) is 5.10 Å². The van der Waals surface area contributed by atoms with Crippen molar-refractivity contribution in [2.75, 3.05) is 32.7 Å². The molecule has 10 heteroatoms. The number of carbonyl (C=O) groups excluding carboxylic acids is 1. The van der Waals surface area contributed by atoms with E-state index in [4.69, 9.17) is 9.47 Å². The summed E-state index contributed by atoms with van der Waals surface area (Å²) < 4.78 is 11.8. The van der Waals surface area contributed by atoms with E-state index >= 15 is 0 Å². The van der Waals surface area contributed by atoms with E-state index in [1.165, 1.54) is 17.0 Å². The van der Waals surface area contributed by atoms with E-state index in [2.05, 4.69) is 26.5 Å². The Hall–Kier alpha value is -3.14. The first kappa shape index (κ1) is 22.2. The standard InChI is InChI=1S/C19H21BrN4O5/c1-4-28-17-9-13(8-16(20)19(17)29-12-18(25)23(2)3)11-21-22-14-6-5-7-15(10-14)24(26)27/h5-11,22H,4,12H2,1-3H3. The molecule has 1 amide bonds. The second kappa shape index (κ2) is 10.4. The Morgan fingerprint density at radius 1 is 1.31 bits per heavy atom. The molecule has 0 radical (unpaired) electrons. The number of nitro groups is 1. The van der Waals surface area contributed by atoms with E-state index in [9.17, 15) is 14.9 Å². The highest BCUT2D eigenvalue weighted by atomic mass is 79.9. The summed E-state index contributed by atoms with van der Waals surface area (Å²) in [6, 6.07) is 9.52. The van der Waals surface area contributed by atoms with Crippen molar-refractivity contribution in [2.24, 2.45) is 5.10 Å². The maximum Gasteiger partial charge on any atom is 0.271 e. The van der Waals surface area contributed by atoms with Crippen LogP contribution >= 0.6 is 15.9 Å². The van der Waals surface area contributed by atoms with Gasteiger partial charge in [-0.1, -0.05) is 6.07 Å². The van der Waals surface area contributed by atoms with Gasteiger partial charge >= 0.3 is 0 Å². The monoisotopic (exact) mass is 464 g/mol. The largest absolute Gasteiger partial charge is 0.490 e. The van der Waals surface area contributed by atoms with Gasteiger partial charge in [0, 0.05) is 26.2 Å². The highest BCUT2D eigenvalue weighted by Gasteiger charge is 2.14. The zero-order chi connectivity index (χ0) is 21.4. The van der Waals surface area contributed by atoms with Crippen LogP contribution in [-0.4, -0.2) is 49.3 Å². The van der Waals surface area contributed by atoms with Crippen LogP contribution in [0.2, 0.25) is 0 Å². The molecule has 0 spiro atoms. The molecule has 0 bridgehead atoms. The van der Waals surface area contributed by atoms with Crippen LogP contribution in [-0.2, 0) is 4.79 Å². The van der Waals surface area contributed by atoms with Gasteiger partial charge in [0.2, 0.25) is 0 Å². The van der Waals surface area contributed by atoms with Crippen molar-refractivity contribution in [2.45, 2.75) is 6.92 Å². The number of halogens is 1. The summed E-state index contributed by atoms with van der Waals surface area (Å²) in [5, 5.41) is 14.9. The Balaban J connectivity index is 2.16. The quantitative estimate of drug-likeness (QED) is 0.344. The lowest BCUT2D eigenvalue weighted by Crippen LogP contribution is -2.27. The van der Waals surface area contributed by atoms with Gasteiger partial charge < -0.3 is 14.4 Å². The maximum atomic E-state index is 11.8. The van der Waals surface area contributed by atoms with Gasteiger partial charge in [0.1, 0.15) is 0 Å². The molecule has 154 valence electrons. The number of non-ortho nitro benzene ring substituents is 1. The molecule has 2 rings (SSSR count). The number of likely N-dealkylation sites (N-methyl/N-ethyl adjacent to an activating group) is 1. The summed E-state index contributed by atoms with van der Waals surface area (Å²) in [5.41, 5.74) is 3.91. The van der Waals surface area contributed by atoms with Crippen LogP contribution < -0.4 is 14.9 Å². The molecular weight excluding hydrogens is 444 g/mol. The van der Waals surface area contributed by atoms with Gasteiger partial charge in [0.25, 0.3) is 11.6 Å². The molecule has 0 aliphatic heterocycles. The molecule has 9 nitrogen and oxygen atoms in total. The van der Waals surface area contributed by atoms with E-state index in [1.807, 2.05) is 6.92 Å². The van der Waals surface area contributed by atoms with Gasteiger partial charge in [-0.25, -0.2) is 0 Å². The lowest BCUT2D eigenvalue weighted by molar-refractivity contribution is -0.384. The average Bonchev–Trinajstić information content (AvgIpc) is 2.67. The number of nitro benzene ring substituents is 1. The minimum atomic E-state index is -0.472. The summed E-state index contributed by atoms with van der Waals surface area (Å²) in [6.45, 7) is 2.14. The maximum absolute atomic E-state index is 11.8. The normalized spacial score (nSPS) is 10.6. The number of benzene rings is 2. The second-order valence-electron chi connectivity index (χ2n) is 6.02. The number of hydrogen-bond acceptors (Lipinski definition) is 7. The summed E-state index contributed by atoms with van der Waals surface area (Å²) >= 11 is 3.43. The van der Waals surface area contributed by atoms with E-state index in [0.717, 1.165) is 0 Å². The van der Waals surface area contributed by atoms with Crippen LogP contribution in [0.25, 0.3) is 0 Å². The Labute approximate surface area is 176 Å². The van der Waals surface area contributed by atoms with Gasteiger partial charge in [-0.3, -0.25) is 20.3 Å². The van der Waals surface area contributed by atoms with Crippen molar-refractivity contribution in [3.8, 4) is 11.5 Å². The fraction of sp³-hybridized carbons (Fsp3) is 0.263. The first-order valence-corrected chi connectivity index (χ1v) is 9.44. The van der Waals surface area contributed by atoms with E-state index in [-0.39, 0.29) is 18.2 Å². The Morgan fingerprint density at radius 2 is 2.07 bits per heavy atom. The van der Waals surface area contributed by atoms with Crippen LogP contribution in [0.3, 0.4) is 0 Å². The molecule has 0 saturated heterocycles. The van der Waals surface area contributed by atoms with Gasteiger partial charge in [-0.15, -0.1) is 0 Å². The number of amides is 1. The highest BCUT2D eigenvalue weighted by Crippen LogP contribution is 2.36. The Bertz CT molecular complexity index is 917. The second-order valence-corrected chi connectivity index (χ2v) is 6.87. The van der Waals surface area contributed by atoms with Crippen LogP contribution in [0.15, 0.2) is 46.0 Å². The number of nitrogens with zero attached hydrogens (tertiary/aromatic N) is 3. The lowest BCUT2D eigenvalue weighted by atomic mass is 10.2. The third-order valence-electron chi connectivity index (χ3n) is 3.63. The molecule has 0 aliphatic carbocycles. The van der Waals surface area contributed by atoms with Crippen molar-refractivity contribution in [3.63, 3.8) is 0 Å². The molecular formula is C19H21BrN4O5. The predicted octanol–water partition coefficient (Wildman–Crippen LogP) is 3.67. The molecule has 2 aromatic rings. The number of hydrogen-bond donors (Lipinski definition) is 1.